The fraction of sp³-hybridized carbons (Fsp3) is 0.455. The molecule has 90 valence electrons. The van der Waals surface area contributed by atoms with E-state index < -0.39 is 4.92 Å². The number of hydrogen-bond acceptors (Lipinski definition) is 5. The van der Waals surface area contributed by atoms with E-state index in [9.17, 15) is 10.1 Å². The predicted molar refractivity (Wildman–Crippen MR) is 63.6 cm³/mol. The lowest BCUT2D eigenvalue weighted by molar-refractivity contribution is -0.385. The summed E-state index contributed by atoms with van der Waals surface area (Å²) in [7, 11) is 0. The molecule has 1 unspecified atom stereocenters. The Labute approximate surface area is 99.6 Å². The Morgan fingerprint density at radius 2 is 2.35 bits per heavy atom. The van der Waals surface area contributed by atoms with Gasteiger partial charge in [0.2, 0.25) is 0 Å². The first-order valence-electron chi connectivity index (χ1n) is 5.33. The van der Waals surface area contributed by atoms with Crippen LogP contribution in [0.15, 0.2) is 18.3 Å². The highest BCUT2D eigenvalue weighted by molar-refractivity contribution is 5.42. The number of pyridine rings is 1. The summed E-state index contributed by atoms with van der Waals surface area (Å²) in [5, 5.41) is 19.2. The summed E-state index contributed by atoms with van der Waals surface area (Å²) in [6, 6.07) is 5.17. The topological polar surface area (TPSA) is 83.1 Å². The van der Waals surface area contributed by atoms with Crippen LogP contribution in [-0.2, 0) is 0 Å². The minimum absolute atomic E-state index is 0.0295. The van der Waals surface area contributed by atoms with Crippen LogP contribution in [0.2, 0.25) is 0 Å². The second-order valence-corrected chi connectivity index (χ2v) is 3.70. The summed E-state index contributed by atoms with van der Waals surface area (Å²) in [6.45, 7) is 5.05. The van der Waals surface area contributed by atoms with Crippen LogP contribution in [0.1, 0.15) is 13.8 Å². The van der Waals surface area contributed by atoms with E-state index in [1.807, 2.05) is 18.7 Å². The van der Waals surface area contributed by atoms with Gasteiger partial charge in [0.05, 0.1) is 16.9 Å². The maximum absolute atomic E-state index is 10.5. The highest BCUT2D eigenvalue weighted by atomic mass is 16.6. The van der Waals surface area contributed by atoms with Crippen LogP contribution in [0.25, 0.3) is 0 Å². The van der Waals surface area contributed by atoms with Crippen molar-refractivity contribution < 1.29 is 4.92 Å². The Balaban J connectivity index is 2.83. The molecule has 0 radical (unpaired) electrons. The zero-order valence-electron chi connectivity index (χ0n) is 9.83. The molecule has 1 rings (SSSR count). The van der Waals surface area contributed by atoms with E-state index in [1.54, 1.807) is 6.07 Å². The molecule has 0 N–H and O–H groups in total. The average Bonchev–Trinajstić information content (AvgIpc) is 2.35. The standard InChI is InChI=1S/C11H14N4O2/c1-3-14(8-9(2)6-12)11-5-4-10(7-13-11)15(16)17/h4-5,7,9H,3,8H2,1-2H3. The number of nitro groups is 1. The molecule has 17 heavy (non-hydrogen) atoms. The van der Waals surface area contributed by atoms with Crippen molar-refractivity contribution in [3.63, 3.8) is 0 Å². The predicted octanol–water partition coefficient (Wildman–Crippen LogP) is 1.98. The van der Waals surface area contributed by atoms with Crippen molar-refractivity contribution in [3.05, 3.63) is 28.4 Å². The minimum Gasteiger partial charge on any atom is -0.356 e. The third-order valence-corrected chi connectivity index (χ3v) is 2.36. The van der Waals surface area contributed by atoms with Gasteiger partial charge in [0.25, 0.3) is 5.69 Å². The fourth-order valence-electron chi connectivity index (χ4n) is 1.43. The van der Waals surface area contributed by atoms with Crippen molar-refractivity contribution in [3.8, 4) is 6.07 Å². The number of anilines is 1. The first-order valence-corrected chi connectivity index (χ1v) is 5.33. The van der Waals surface area contributed by atoms with Crippen LogP contribution in [-0.4, -0.2) is 23.0 Å². The molecule has 0 spiro atoms. The molecule has 0 bridgehead atoms. The minimum atomic E-state index is -0.481. The van der Waals surface area contributed by atoms with Gasteiger partial charge in [-0.15, -0.1) is 0 Å². The molecule has 0 aliphatic rings. The van der Waals surface area contributed by atoms with Gasteiger partial charge in [0.1, 0.15) is 12.0 Å². The number of nitriles is 1. The van der Waals surface area contributed by atoms with Gasteiger partial charge in [0.15, 0.2) is 0 Å². The smallest absolute Gasteiger partial charge is 0.287 e. The van der Waals surface area contributed by atoms with Crippen molar-refractivity contribution in [1.82, 2.24) is 4.98 Å². The van der Waals surface area contributed by atoms with Gasteiger partial charge in [-0.1, -0.05) is 0 Å². The quantitative estimate of drug-likeness (QED) is 0.574. The Morgan fingerprint density at radius 1 is 1.65 bits per heavy atom. The van der Waals surface area contributed by atoms with Crippen LogP contribution in [0, 0.1) is 27.4 Å². The molecule has 1 atom stereocenters. The maximum atomic E-state index is 10.5. The van der Waals surface area contributed by atoms with Crippen LogP contribution in [0.5, 0.6) is 0 Å². The van der Waals surface area contributed by atoms with Crippen molar-refractivity contribution in [2.45, 2.75) is 13.8 Å². The molecule has 0 aliphatic carbocycles. The van der Waals surface area contributed by atoms with Crippen LogP contribution >= 0.6 is 0 Å². The van der Waals surface area contributed by atoms with Gasteiger partial charge < -0.3 is 4.90 Å². The van der Waals surface area contributed by atoms with E-state index >= 15 is 0 Å². The molecule has 0 fully saturated rings. The second-order valence-electron chi connectivity index (χ2n) is 3.70. The lowest BCUT2D eigenvalue weighted by Gasteiger charge is -2.22. The largest absolute Gasteiger partial charge is 0.356 e. The molecule has 6 nitrogen and oxygen atoms in total. The summed E-state index contributed by atoms with van der Waals surface area (Å²) in [4.78, 5) is 16.0. The fourth-order valence-corrected chi connectivity index (χ4v) is 1.43. The highest BCUT2D eigenvalue weighted by Crippen LogP contribution is 2.16. The zero-order valence-corrected chi connectivity index (χ0v) is 9.83. The van der Waals surface area contributed by atoms with Gasteiger partial charge >= 0.3 is 0 Å². The van der Waals surface area contributed by atoms with Gasteiger partial charge in [-0.25, -0.2) is 4.98 Å². The normalized spacial score (nSPS) is 11.6. The van der Waals surface area contributed by atoms with E-state index in [-0.39, 0.29) is 11.6 Å². The summed E-state index contributed by atoms with van der Waals surface area (Å²) in [6.07, 6.45) is 1.23. The summed E-state index contributed by atoms with van der Waals surface area (Å²) in [5.41, 5.74) is -0.0295. The van der Waals surface area contributed by atoms with E-state index in [0.29, 0.717) is 18.9 Å². The molecule has 6 heteroatoms. The Morgan fingerprint density at radius 3 is 2.76 bits per heavy atom. The van der Waals surface area contributed by atoms with Gasteiger partial charge in [-0.3, -0.25) is 10.1 Å². The molecule has 0 aromatic carbocycles. The molecule has 0 saturated carbocycles. The van der Waals surface area contributed by atoms with Crippen LogP contribution in [0.3, 0.4) is 0 Å². The zero-order chi connectivity index (χ0) is 12.8. The lowest BCUT2D eigenvalue weighted by Crippen LogP contribution is -2.28. The molecule has 1 aromatic rings. The van der Waals surface area contributed by atoms with Gasteiger partial charge in [0, 0.05) is 19.2 Å². The lowest BCUT2D eigenvalue weighted by atomic mass is 10.2. The SMILES string of the molecule is CCN(CC(C)C#N)c1ccc([N+](=O)[O-])cn1. The molecule has 1 heterocycles. The van der Waals surface area contributed by atoms with Crippen molar-refractivity contribution in [2.75, 3.05) is 18.0 Å². The van der Waals surface area contributed by atoms with Crippen molar-refractivity contribution in [1.29, 1.82) is 5.26 Å². The molecular weight excluding hydrogens is 220 g/mol. The van der Waals surface area contributed by atoms with Crippen LogP contribution < -0.4 is 4.90 Å². The second kappa shape index (κ2) is 5.80. The third kappa shape index (κ3) is 3.41. The third-order valence-electron chi connectivity index (χ3n) is 2.36. The van der Waals surface area contributed by atoms with E-state index in [0.717, 1.165) is 0 Å². The first kappa shape index (κ1) is 12.9. The monoisotopic (exact) mass is 234 g/mol. The molecule has 1 aromatic heterocycles. The number of nitrogens with zero attached hydrogens (tertiary/aromatic N) is 4. The molecular formula is C11H14N4O2. The summed E-state index contributed by atoms with van der Waals surface area (Å²) >= 11 is 0. The summed E-state index contributed by atoms with van der Waals surface area (Å²) in [5.74, 6) is 0.548. The molecule has 0 amide bonds. The van der Waals surface area contributed by atoms with Crippen LogP contribution in [0.4, 0.5) is 11.5 Å². The summed E-state index contributed by atoms with van der Waals surface area (Å²) < 4.78 is 0. The average molecular weight is 234 g/mol. The Kier molecular flexibility index (Phi) is 4.40. The molecule has 0 aliphatic heterocycles. The Hall–Kier alpha value is -2.16. The first-order chi connectivity index (χ1) is 8.08. The number of aromatic nitrogens is 1. The maximum Gasteiger partial charge on any atom is 0.287 e. The van der Waals surface area contributed by atoms with Gasteiger partial charge in [-0.2, -0.15) is 5.26 Å². The van der Waals surface area contributed by atoms with E-state index in [1.165, 1.54) is 12.3 Å². The Bertz CT molecular complexity index is 424. The van der Waals surface area contributed by atoms with E-state index in [2.05, 4.69) is 11.1 Å². The van der Waals surface area contributed by atoms with Crippen molar-refractivity contribution >= 4 is 11.5 Å². The number of hydrogen-bond donors (Lipinski definition) is 0. The van der Waals surface area contributed by atoms with E-state index in [4.69, 9.17) is 5.26 Å². The molecule has 0 saturated heterocycles. The van der Waals surface area contributed by atoms with Crippen molar-refractivity contribution in [2.24, 2.45) is 5.92 Å². The number of rotatable bonds is 5. The van der Waals surface area contributed by atoms with Gasteiger partial charge in [-0.05, 0) is 19.9 Å². The highest BCUT2D eigenvalue weighted by Gasteiger charge is 2.12.